The lowest BCUT2D eigenvalue weighted by Gasteiger charge is -2.32. The molecule has 2 nitrogen and oxygen atoms in total. The summed E-state index contributed by atoms with van der Waals surface area (Å²) in [6, 6.07) is 0. The lowest BCUT2D eigenvalue weighted by molar-refractivity contribution is 0.0714. The third-order valence-corrected chi connectivity index (χ3v) is 3.09. The highest BCUT2D eigenvalue weighted by molar-refractivity contribution is 4.88. The fourth-order valence-electron chi connectivity index (χ4n) is 2.03. The molecule has 0 spiro atoms. The Morgan fingerprint density at radius 2 is 2.08 bits per heavy atom. The predicted molar refractivity (Wildman–Crippen MR) is 56.0 cm³/mol. The van der Waals surface area contributed by atoms with Gasteiger partial charge in [-0.15, -0.1) is 0 Å². The van der Waals surface area contributed by atoms with Gasteiger partial charge in [-0.1, -0.05) is 19.8 Å². The highest BCUT2D eigenvalue weighted by atomic mass is 16.5. The van der Waals surface area contributed by atoms with E-state index < -0.39 is 0 Å². The molecule has 0 aromatic rings. The van der Waals surface area contributed by atoms with Crippen LogP contribution in [0, 0.1) is 0 Å². The molecular weight excluding hydrogens is 162 g/mol. The van der Waals surface area contributed by atoms with E-state index in [1.807, 2.05) is 0 Å². The van der Waals surface area contributed by atoms with Gasteiger partial charge in [-0.2, -0.15) is 0 Å². The van der Waals surface area contributed by atoms with Gasteiger partial charge in [-0.05, 0) is 32.7 Å². The lowest BCUT2D eigenvalue weighted by atomic mass is 9.92. The average Bonchev–Trinajstić information content (AvgIpc) is 2.41. The van der Waals surface area contributed by atoms with Crippen molar-refractivity contribution >= 4 is 0 Å². The van der Waals surface area contributed by atoms with Gasteiger partial charge in [0.1, 0.15) is 0 Å². The first-order chi connectivity index (χ1) is 6.33. The van der Waals surface area contributed by atoms with Gasteiger partial charge < -0.3 is 10.1 Å². The van der Waals surface area contributed by atoms with Crippen molar-refractivity contribution in [3.05, 3.63) is 0 Å². The Hall–Kier alpha value is -0.0800. The summed E-state index contributed by atoms with van der Waals surface area (Å²) < 4.78 is 5.56. The van der Waals surface area contributed by atoms with Gasteiger partial charge in [-0.25, -0.2) is 0 Å². The lowest BCUT2D eigenvalue weighted by Crippen LogP contribution is -2.48. The maximum atomic E-state index is 5.56. The fourth-order valence-corrected chi connectivity index (χ4v) is 2.03. The zero-order chi connectivity index (χ0) is 9.57. The van der Waals surface area contributed by atoms with Gasteiger partial charge in [0.15, 0.2) is 0 Å². The number of nitrogens with one attached hydrogen (secondary N) is 1. The summed E-state index contributed by atoms with van der Waals surface area (Å²) >= 11 is 0. The van der Waals surface area contributed by atoms with Crippen LogP contribution in [0.3, 0.4) is 0 Å². The van der Waals surface area contributed by atoms with E-state index in [0.29, 0.717) is 0 Å². The molecule has 1 aliphatic rings. The molecule has 13 heavy (non-hydrogen) atoms. The van der Waals surface area contributed by atoms with E-state index in [2.05, 4.69) is 19.2 Å². The first kappa shape index (κ1) is 11.0. The summed E-state index contributed by atoms with van der Waals surface area (Å²) in [5.74, 6) is 0. The highest BCUT2D eigenvalue weighted by Crippen LogP contribution is 2.22. The predicted octanol–water partition coefficient (Wildman–Crippen LogP) is 2.34. The summed E-state index contributed by atoms with van der Waals surface area (Å²) in [5.41, 5.74) is 0.284. The summed E-state index contributed by atoms with van der Waals surface area (Å²) in [6.45, 7) is 7.22. The monoisotopic (exact) mass is 185 g/mol. The molecule has 1 fully saturated rings. The van der Waals surface area contributed by atoms with Gasteiger partial charge in [0.05, 0.1) is 6.61 Å². The van der Waals surface area contributed by atoms with Crippen LogP contribution < -0.4 is 5.32 Å². The van der Waals surface area contributed by atoms with E-state index in [0.717, 1.165) is 13.2 Å². The van der Waals surface area contributed by atoms with E-state index in [1.54, 1.807) is 0 Å². The zero-order valence-electron chi connectivity index (χ0n) is 9.07. The molecule has 1 heterocycles. The van der Waals surface area contributed by atoms with E-state index in [1.165, 1.54) is 38.6 Å². The maximum Gasteiger partial charge on any atom is 0.0648 e. The minimum Gasteiger partial charge on any atom is -0.380 e. The third kappa shape index (κ3) is 3.28. The molecule has 78 valence electrons. The fraction of sp³-hybridized carbons (Fsp3) is 1.00. The van der Waals surface area contributed by atoms with Gasteiger partial charge in [-0.3, -0.25) is 0 Å². The molecule has 1 rings (SSSR count). The Morgan fingerprint density at radius 3 is 2.77 bits per heavy atom. The van der Waals surface area contributed by atoms with Crippen molar-refractivity contribution in [3.63, 3.8) is 0 Å². The van der Waals surface area contributed by atoms with Crippen molar-refractivity contribution in [2.75, 3.05) is 19.8 Å². The second-order valence-electron chi connectivity index (χ2n) is 4.01. The highest BCUT2D eigenvalue weighted by Gasteiger charge is 2.28. The molecule has 1 N–H and O–H groups in total. The standard InChI is InChI=1S/C11H23NO/c1-3-11(10-13-4-2)8-6-5-7-9-12-11/h12H,3-10H2,1-2H3. The number of rotatable bonds is 4. The maximum absolute atomic E-state index is 5.56. The first-order valence-electron chi connectivity index (χ1n) is 5.66. The molecular formula is C11H23NO. The van der Waals surface area contributed by atoms with Crippen LogP contribution in [-0.4, -0.2) is 25.3 Å². The van der Waals surface area contributed by atoms with Gasteiger partial charge in [0.25, 0.3) is 0 Å². The number of hydrogen-bond donors (Lipinski definition) is 1. The second kappa shape index (κ2) is 5.61. The summed E-state index contributed by atoms with van der Waals surface area (Å²) in [4.78, 5) is 0. The number of hydrogen-bond acceptors (Lipinski definition) is 2. The van der Waals surface area contributed by atoms with Crippen molar-refractivity contribution in [1.82, 2.24) is 5.32 Å². The van der Waals surface area contributed by atoms with Crippen LogP contribution >= 0.6 is 0 Å². The van der Waals surface area contributed by atoms with Crippen LogP contribution in [0.15, 0.2) is 0 Å². The molecule has 0 aromatic carbocycles. The van der Waals surface area contributed by atoms with Crippen LogP contribution in [0.1, 0.15) is 46.0 Å². The molecule has 0 radical (unpaired) electrons. The minimum absolute atomic E-state index is 0.284. The van der Waals surface area contributed by atoms with Crippen LogP contribution in [0.5, 0.6) is 0 Å². The van der Waals surface area contributed by atoms with E-state index in [-0.39, 0.29) is 5.54 Å². The van der Waals surface area contributed by atoms with Crippen LogP contribution in [0.25, 0.3) is 0 Å². The topological polar surface area (TPSA) is 21.3 Å². The SMILES string of the molecule is CCOCC1(CC)CCCCCN1. The Balaban J connectivity index is 2.43. The van der Waals surface area contributed by atoms with Crippen molar-refractivity contribution in [3.8, 4) is 0 Å². The van der Waals surface area contributed by atoms with Gasteiger partial charge in [0.2, 0.25) is 0 Å². The van der Waals surface area contributed by atoms with Crippen molar-refractivity contribution in [1.29, 1.82) is 0 Å². The Morgan fingerprint density at radius 1 is 1.23 bits per heavy atom. The Kier molecular flexibility index (Phi) is 4.74. The molecule has 0 aromatic heterocycles. The molecule has 0 saturated carbocycles. The van der Waals surface area contributed by atoms with Gasteiger partial charge >= 0.3 is 0 Å². The third-order valence-electron chi connectivity index (χ3n) is 3.09. The van der Waals surface area contributed by atoms with Crippen LogP contribution in [0.4, 0.5) is 0 Å². The Labute approximate surface area is 82.0 Å². The Bertz CT molecular complexity index is 128. The molecule has 2 heteroatoms. The van der Waals surface area contributed by atoms with Crippen LogP contribution in [-0.2, 0) is 4.74 Å². The van der Waals surface area contributed by atoms with Crippen LogP contribution in [0.2, 0.25) is 0 Å². The second-order valence-corrected chi connectivity index (χ2v) is 4.01. The van der Waals surface area contributed by atoms with Crippen molar-refractivity contribution in [2.24, 2.45) is 0 Å². The molecule has 1 aliphatic heterocycles. The molecule has 0 aliphatic carbocycles. The van der Waals surface area contributed by atoms with E-state index >= 15 is 0 Å². The summed E-state index contributed by atoms with van der Waals surface area (Å²) in [5, 5.41) is 3.65. The number of ether oxygens (including phenoxy) is 1. The van der Waals surface area contributed by atoms with E-state index in [4.69, 9.17) is 4.74 Å². The van der Waals surface area contributed by atoms with Crippen molar-refractivity contribution < 1.29 is 4.74 Å². The van der Waals surface area contributed by atoms with Crippen molar-refractivity contribution in [2.45, 2.75) is 51.5 Å². The summed E-state index contributed by atoms with van der Waals surface area (Å²) in [7, 11) is 0. The largest absolute Gasteiger partial charge is 0.380 e. The molecule has 1 unspecified atom stereocenters. The smallest absolute Gasteiger partial charge is 0.0648 e. The van der Waals surface area contributed by atoms with Gasteiger partial charge in [0, 0.05) is 12.1 Å². The molecule has 0 amide bonds. The normalized spacial score (nSPS) is 30.0. The zero-order valence-corrected chi connectivity index (χ0v) is 9.07. The first-order valence-corrected chi connectivity index (χ1v) is 5.66. The molecule has 0 bridgehead atoms. The average molecular weight is 185 g/mol. The minimum atomic E-state index is 0.284. The summed E-state index contributed by atoms with van der Waals surface area (Å²) in [6.07, 6.45) is 6.53. The molecule has 1 saturated heterocycles. The molecule has 1 atom stereocenters. The van der Waals surface area contributed by atoms with E-state index in [9.17, 15) is 0 Å². The quantitative estimate of drug-likeness (QED) is 0.726.